The van der Waals surface area contributed by atoms with Crippen LogP contribution in [0.3, 0.4) is 0 Å². The Labute approximate surface area is 203 Å². The van der Waals surface area contributed by atoms with Gasteiger partial charge in [0.2, 0.25) is 0 Å². The topological polar surface area (TPSA) is 104 Å². The number of ketones is 1. The summed E-state index contributed by atoms with van der Waals surface area (Å²) < 4.78 is 21.9. The first-order valence-corrected chi connectivity index (χ1v) is 11.6. The van der Waals surface area contributed by atoms with Crippen molar-refractivity contribution in [2.24, 2.45) is 11.8 Å². The lowest BCUT2D eigenvalue weighted by molar-refractivity contribution is -0.151. The quantitative estimate of drug-likeness (QED) is 0.363. The van der Waals surface area contributed by atoms with Gasteiger partial charge in [-0.15, -0.1) is 0 Å². The minimum absolute atomic E-state index is 0.0239. The molecule has 1 aliphatic heterocycles. The number of carbonyl (C=O) groups is 3. The normalized spacial score (nSPS) is 21.8. The van der Waals surface area contributed by atoms with Crippen LogP contribution in [0.4, 0.5) is 0 Å². The summed E-state index contributed by atoms with van der Waals surface area (Å²) in [7, 11) is 1.27. The van der Waals surface area contributed by atoms with Gasteiger partial charge in [-0.05, 0) is 50.5 Å². The fraction of sp³-hybridized carbons (Fsp3) is 0.370. The van der Waals surface area contributed by atoms with Crippen LogP contribution < -0.4 is 10.1 Å². The van der Waals surface area contributed by atoms with Gasteiger partial charge in [0.05, 0.1) is 18.6 Å². The summed E-state index contributed by atoms with van der Waals surface area (Å²) in [6.07, 6.45) is 0.460. The fourth-order valence-electron chi connectivity index (χ4n) is 4.73. The van der Waals surface area contributed by atoms with Crippen molar-refractivity contribution in [3.05, 3.63) is 76.5 Å². The molecule has 0 bridgehead atoms. The molecule has 0 amide bonds. The Bertz CT molecular complexity index is 1190. The first kappa shape index (κ1) is 24.3. The maximum Gasteiger partial charge on any atom is 0.336 e. The molecule has 2 heterocycles. The molecule has 1 aromatic heterocycles. The molecular weight excluding hydrogens is 450 g/mol. The van der Waals surface area contributed by atoms with E-state index in [2.05, 4.69) is 5.32 Å². The molecule has 0 unspecified atom stereocenters. The first-order valence-electron chi connectivity index (χ1n) is 11.6. The van der Waals surface area contributed by atoms with Crippen LogP contribution in [0, 0.1) is 18.8 Å². The third-order valence-corrected chi connectivity index (χ3v) is 6.34. The lowest BCUT2D eigenvalue weighted by atomic mass is 9.70. The predicted octanol–water partition coefficient (Wildman–Crippen LogP) is 3.82. The van der Waals surface area contributed by atoms with E-state index in [0.29, 0.717) is 40.7 Å². The number of Topliss-reactive ketones (excluding diaryl/α,β-unsaturated/α-hetero) is 1. The predicted molar refractivity (Wildman–Crippen MR) is 126 cm³/mol. The molecule has 4 rings (SSSR count). The fourth-order valence-corrected chi connectivity index (χ4v) is 4.73. The zero-order valence-electron chi connectivity index (χ0n) is 20.3. The van der Waals surface area contributed by atoms with Crippen LogP contribution in [0.15, 0.2) is 69.4 Å². The molecule has 2 aliphatic rings. The van der Waals surface area contributed by atoms with E-state index in [0.717, 1.165) is 0 Å². The minimum atomic E-state index is -0.950. The Hall–Kier alpha value is -3.81. The number of aryl methyl sites for hydroxylation is 1. The average Bonchev–Trinajstić information content (AvgIpc) is 3.27. The van der Waals surface area contributed by atoms with E-state index in [4.69, 9.17) is 18.6 Å². The van der Waals surface area contributed by atoms with Crippen LogP contribution in [0.5, 0.6) is 5.75 Å². The van der Waals surface area contributed by atoms with Crippen molar-refractivity contribution in [2.45, 2.75) is 33.1 Å². The number of carbonyl (C=O) groups excluding carboxylic acids is 3. The summed E-state index contributed by atoms with van der Waals surface area (Å²) in [4.78, 5) is 39.4. The van der Waals surface area contributed by atoms with Crippen LogP contribution in [-0.4, -0.2) is 38.0 Å². The van der Waals surface area contributed by atoms with E-state index in [9.17, 15) is 14.4 Å². The molecule has 1 aromatic carbocycles. The van der Waals surface area contributed by atoms with Crippen molar-refractivity contribution < 1.29 is 33.0 Å². The Kier molecular flexibility index (Phi) is 7.10. The van der Waals surface area contributed by atoms with Gasteiger partial charge < -0.3 is 23.9 Å². The summed E-state index contributed by atoms with van der Waals surface area (Å²) in [5.74, 6) is -1.79. The molecule has 1 aliphatic carbocycles. The molecule has 8 nitrogen and oxygen atoms in total. The number of methoxy groups -OCH3 is 1. The van der Waals surface area contributed by atoms with Crippen LogP contribution in [0.2, 0.25) is 0 Å². The number of furan rings is 1. The summed E-state index contributed by atoms with van der Waals surface area (Å²) in [6, 6.07) is 12.7. The smallest absolute Gasteiger partial charge is 0.336 e. The molecular formula is C27H29NO7. The number of esters is 2. The highest BCUT2D eigenvalue weighted by Crippen LogP contribution is 2.45. The monoisotopic (exact) mass is 479 g/mol. The zero-order valence-corrected chi connectivity index (χ0v) is 20.3. The summed E-state index contributed by atoms with van der Waals surface area (Å²) in [5.41, 5.74) is 1.87. The first-order chi connectivity index (χ1) is 16.8. The SMILES string of the molecule is COC(=O)[C@@H]1C(=O)C2=C(C[C@H]1C)NC(C)=C(C(=O)OCCOc1ccccc1)[C@@H]2c1ccc(C)o1. The molecule has 0 saturated carbocycles. The van der Waals surface area contributed by atoms with E-state index >= 15 is 0 Å². The Morgan fingerprint density at radius 3 is 2.49 bits per heavy atom. The van der Waals surface area contributed by atoms with Crippen molar-refractivity contribution in [2.75, 3.05) is 20.3 Å². The number of ether oxygens (including phenoxy) is 3. The highest BCUT2D eigenvalue weighted by molar-refractivity contribution is 6.12. The van der Waals surface area contributed by atoms with Gasteiger partial charge in [-0.25, -0.2) is 4.79 Å². The van der Waals surface area contributed by atoms with Crippen molar-refractivity contribution in [3.8, 4) is 5.75 Å². The molecule has 0 radical (unpaired) electrons. The number of nitrogens with one attached hydrogen (secondary N) is 1. The number of hydrogen-bond acceptors (Lipinski definition) is 8. The standard InChI is InChI=1S/C27H29NO7/c1-15-14-19-23(25(29)21(15)26(30)32-4)24(20-11-10-16(2)35-20)22(17(3)28-19)27(31)34-13-12-33-18-8-6-5-7-9-18/h5-11,15,21,24,28H,12-14H2,1-4H3/t15-,21+,24+/m1/s1. The van der Waals surface area contributed by atoms with Gasteiger partial charge >= 0.3 is 11.9 Å². The number of hydrogen-bond donors (Lipinski definition) is 1. The number of benzene rings is 1. The maximum absolute atomic E-state index is 13.6. The number of rotatable bonds is 7. The van der Waals surface area contributed by atoms with Gasteiger partial charge in [-0.1, -0.05) is 25.1 Å². The maximum atomic E-state index is 13.6. The molecule has 0 spiro atoms. The third kappa shape index (κ3) is 4.87. The van der Waals surface area contributed by atoms with E-state index in [1.165, 1.54) is 7.11 Å². The second kappa shape index (κ2) is 10.2. The zero-order chi connectivity index (χ0) is 25.1. The highest BCUT2D eigenvalue weighted by atomic mass is 16.6. The Morgan fingerprint density at radius 1 is 1.09 bits per heavy atom. The van der Waals surface area contributed by atoms with Crippen molar-refractivity contribution in [1.82, 2.24) is 5.32 Å². The largest absolute Gasteiger partial charge is 0.490 e. The summed E-state index contributed by atoms with van der Waals surface area (Å²) in [6.45, 7) is 5.60. The van der Waals surface area contributed by atoms with Crippen LogP contribution >= 0.6 is 0 Å². The van der Waals surface area contributed by atoms with Crippen molar-refractivity contribution in [3.63, 3.8) is 0 Å². The summed E-state index contributed by atoms with van der Waals surface area (Å²) >= 11 is 0. The highest BCUT2D eigenvalue weighted by Gasteiger charge is 2.48. The van der Waals surface area contributed by atoms with E-state index in [1.807, 2.05) is 37.3 Å². The molecule has 0 fully saturated rings. The van der Waals surface area contributed by atoms with E-state index in [-0.39, 0.29) is 30.5 Å². The average molecular weight is 480 g/mol. The molecule has 184 valence electrons. The van der Waals surface area contributed by atoms with Gasteiger partial charge in [0.25, 0.3) is 0 Å². The van der Waals surface area contributed by atoms with Crippen LogP contribution in [0.25, 0.3) is 0 Å². The van der Waals surface area contributed by atoms with Crippen molar-refractivity contribution >= 4 is 17.7 Å². The number of para-hydroxylation sites is 1. The second-order valence-electron chi connectivity index (χ2n) is 8.78. The minimum Gasteiger partial charge on any atom is -0.490 e. The lowest BCUT2D eigenvalue weighted by Gasteiger charge is -2.37. The Morgan fingerprint density at radius 2 is 1.83 bits per heavy atom. The number of allylic oxidation sites excluding steroid dienone is 3. The molecule has 3 atom stereocenters. The van der Waals surface area contributed by atoms with Gasteiger partial charge in [0, 0.05) is 17.0 Å². The van der Waals surface area contributed by atoms with Gasteiger partial charge in [-0.2, -0.15) is 0 Å². The van der Waals surface area contributed by atoms with E-state index < -0.39 is 23.8 Å². The molecule has 8 heteroatoms. The number of dihydropyridines is 1. The molecule has 0 saturated heterocycles. The van der Waals surface area contributed by atoms with Gasteiger partial charge in [0.15, 0.2) is 5.78 Å². The van der Waals surface area contributed by atoms with Gasteiger partial charge in [-0.3, -0.25) is 9.59 Å². The van der Waals surface area contributed by atoms with Gasteiger partial charge in [0.1, 0.15) is 36.4 Å². The Balaban J connectivity index is 1.61. The summed E-state index contributed by atoms with van der Waals surface area (Å²) in [5, 5.41) is 3.22. The lowest BCUT2D eigenvalue weighted by Crippen LogP contribution is -2.43. The molecule has 35 heavy (non-hydrogen) atoms. The van der Waals surface area contributed by atoms with Crippen LogP contribution in [-0.2, 0) is 23.9 Å². The van der Waals surface area contributed by atoms with E-state index in [1.54, 1.807) is 26.0 Å². The molecule has 2 aromatic rings. The third-order valence-electron chi connectivity index (χ3n) is 6.34. The van der Waals surface area contributed by atoms with Crippen molar-refractivity contribution in [1.29, 1.82) is 0 Å². The van der Waals surface area contributed by atoms with Crippen LogP contribution in [0.1, 0.15) is 37.7 Å². The second-order valence-corrected chi connectivity index (χ2v) is 8.78. The molecule has 1 N–H and O–H groups in total.